The second-order valence-electron chi connectivity index (χ2n) is 5.85. The van der Waals surface area contributed by atoms with Gasteiger partial charge in [0.15, 0.2) is 0 Å². The predicted molar refractivity (Wildman–Crippen MR) is 68.2 cm³/mol. The summed E-state index contributed by atoms with van der Waals surface area (Å²) < 4.78 is 7.24. The summed E-state index contributed by atoms with van der Waals surface area (Å²) in [5.74, 6) is -0.0803. The Bertz CT molecular complexity index is 434. The highest BCUT2D eigenvalue weighted by Crippen LogP contribution is 2.29. The number of aromatic nitrogens is 2. The van der Waals surface area contributed by atoms with Crippen molar-refractivity contribution in [3.05, 3.63) is 18.0 Å². The van der Waals surface area contributed by atoms with Crippen molar-refractivity contribution in [2.75, 3.05) is 13.1 Å². The van der Waals surface area contributed by atoms with Crippen LogP contribution in [0.1, 0.15) is 32.3 Å². The van der Waals surface area contributed by atoms with Crippen molar-refractivity contribution in [3.8, 4) is 0 Å². The zero-order valence-electron chi connectivity index (χ0n) is 11.4. The van der Waals surface area contributed by atoms with Crippen LogP contribution in [0.2, 0.25) is 0 Å². The Labute approximate surface area is 108 Å². The van der Waals surface area contributed by atoms with Gasteiger partial charge < -0.3 is 10.1 Å². The van der Waals surface area contributed by atoms with Crippen LogP contribution < -0.4 is 5.32 Å². The maximum absolute atomic E-state index is 12.2. The first-order valence-electron chi connectivity index (χ1n) is 6.29. The quantitative estimate of drug-likeness (QED) is 0.799. The number of nitrogens with one attached hydrogen (secondary N) is 1. The summed E-state index contributed by atoms with van der Waals surface area (Å²) in [6.45, 7) is 7.16. The van der Waals surface area contributed by atoms with Crippen molar-refractivity contribution in [1.82, 2.24) is 15.1 Å². The molecule has 1 aliphatic rings. The summed E-state index contributed by atoms with van der Waals surface area (Å²) in [5, 5.41) is 7.43. The maximum atomic E-state index is 12.2. The minimum absolute atomic E-state index is 0.117. The molecule has 0 amide bonds. The summed E-state index contributed by atoms with van der Waals surface area (Å²) in [5.41, 5.74) is 0.664. The average molecular weight is 251 g/mol. The van der Waals surface area contributed by atoms with E-state index in [1.54, 1.807) is 4.68 Å². The lowest BCUT2D eigenvalue weighted by atomic mass is 9.91. The van der Waals surface area contributed by atoms with Gasteiger partial charge in [-0.1, -0.05) is 0 Å². The minimum atomic E-state index is -0.431. The molecular weight excluding hydrogens is 230 g/mol. The number of aryl methyl sites for hydroxylation is 1. The first-order chi connectivity index (χ1) is 8.37. The van der Waals surface area contributed by atoms with Gasteiger partial charge in [0, 0.05) is 32.3 Å². The van der Waals surface area contributed by atoms with Gasteiger partial charge in [-0.25, -0.2) is 0 Å². The molecule has 5 heteroatoms. The number of hydrogen-bond acceptors (Lipinski definition) is 4. The van der Waals surface area contributed by atoms with Gasteiger partial charge in [-0.2, -0.15) is 5.10 Å². The first kappa shape index (κ1) is 13.1. The molecule has 1 aromatic rings. The zero-order valence-corrected chi connectivity index (χ0v) is 11.4. The van der Waals surface area contributed by atoms with E-state index < -0.39 is 5.60 Å². The number of carbonyl (C=O) groups excluding carboxylic acids is 1. The molecule has 100 valence electrons. The van der Waals surface area contributed by atoms with E-state index in [2.05, 4.69) is 10.4 Å². The molecule has 0 radical (unpaired) electrons. The molecule has 0 saturated carbocycles. The smallest absolute Gasteiger partial charge is 0.311 e. The third-order valence-corrected chi connectivity index (χ3v) is 3.08. The molecule has 1 N–H and O–H groups in total. The van der Waals surface area contributed by atoms with Crippen molar-refractivity contribution in [3.63, 3.8) is 0 Å². The Morgan fingerprint density at radius 2 is 2.22 bits per heavy atom. The highest BCUT2D eigenvalue weighted by Gasteiger charge is 2.37. The largest absolute Gasteiger partial charge is 0.460 e. The van der Waals surface area contributed by atoms with Gasteiger partial charge in [0.05, 0.1) is 12.1 Å². The van der Waals surface area contributed by atoms with Gasteiger partial charge in [0.1, 0.15) is 5.60 Å². The summed E-state index contributed by atoms with van der Waals surface area (Å²) in [4.78, 5) is 12.2. The van der Waals surface area contributed by atoms with Crippen LogP contribution in [0.5, 0.6) is 0 Å². The molecule has 1 aromatic heterocycles. The summed E-state index contributed by atoms with van der Waals surface area (Å²) in [7, 11) is 1.88. The normalized spacial score (nSPS) is 24.2. The highest BCUT2D eigenvalue weighted by molar-refractivity contribution is 5.75. The van der Waals surface area contributed by atoms with E-state index in [1.165, 1.54) is 0 Å². The van der Waals surface area contributed by atoms with Crippen LogP contribution in [0.15, 0.2) is 12.4 Å². The van der Waals surface area contributed by atoms with Crippen LogP contribution in [0.25, 0.3) is 0 Å². The molecule has 5 nitrogen and oxygen atoms in total. The Hall–Kier alpha value is -1.36. The van der Waals surface area contributed by atoms with E-state index in [9.17, 15) is 4.79 Å². The Balaban J connectivity index is 2.10. The molecule has 0 spiro atoms. The first-order valence-corrected chi connectivity index (χ1v) is 6.29. The second-order valence-corrected chi connectivity index (χ2v) is 5.85. The number of esters is 1. The van der Waals surface area contributed by atoms with Gasteiger partial charge in [-0.05, 0) is 26.3 Å². The second kappa shape index (κ2) is 4.72. The lowest BCUT2D eigenvalue weighted by molar-refractivity contribution is -0.159. The fourth-order valence-corrected chi connectivity index (χ4v) is 2.29. The van der Waals surface area contributed by atoms with Crippen LogP contribution in [-0.4, -0.2) is 34.4 Å². The van der Waals surface area contributed by atoms with Gasteiger partial charge >= 0.3 is 5.97 Å². The number of nitrogens with zero attached hydrogens (tertiary/aromatic N) is 2. The van der Waals surface area contributed by atoms with Crippen molar-refractivity contribution in [2.24, 2.45) is 13.0 Å². The monoisotopic (exact) mass is 251 g/mol. The minimum Gasteiger partial charge on any atom is -0.460 e. The van der Waals surface area contributed by atoms with E-state index in [0.29, 0.717) is 6.54 Å². The van der Waals surface area contributed by atoms with Gasteiger partial charge in [0.2, 0.25) is 0 Å². The highest BCUT2D eigenvalue weighted by atomic mass is 16.6. The fourth-order valence-electron chi connectivity index (χ4n) is 2.29. The maximum Gasteiger partial charge on any atom is 0.311 e. The van der Waals surface area contributed by atoms with E-state index in [0.717, 1.165) is 12.1 Å². The van der Waals surface area contributed by atoms with E-state index >= 15 is 0 Å². The molecule has 2 rings (SSSR count). The lowest BCUT2D eigenvalue weighted by Gasteiger charge is -2.24. The van der Waals surface area contributed by atoms with Crippen LogP contribution in [0.3, 0.4) is 0 Å². The molecule has 2 atom stereocenters. The molecular formula is C13H21N3O2. The van der Waals surface area contributed by atoms with Gasteiger partial charge in [-0.15, -0.1) is 0 Å². The topological polar surface area (TPSA) is 56.2 Å². The molecule has 2 unspecified atom stereocenters. The summed E-state index contributed by atoms with van der Waals surface area (Å²) in [6.07, 6.45) is 3.80. The van der Waals surface area contributed by atoms with E-state index in [-0.39, 0.29) is 17.8 Å². The SMILES string of the molecule is Cn1cc(C2CNCC2C(=O)OC(C)(C)C)cn1. The molecule has 0 aromatic carbocycles. The molecule has 18 heavy (non-hydrogen) atoms. The fraction of sp³-hybridized carbons (Fsp3) is 0.692. The van der Waals surface area contributed by atoms with Crippen LogP contribution in [0.4, 0.5) is 0 Å². The number of ether oxygens (including phenoxy) is 1. The molecule has 0 bridgehead atoms. The Morgan fingerprint density at radius 3 is 2.78 bits per heavy atom. The summed E-state index contributed by atoms with van der Waals surface area (Å²) >= 11 is 0. The zero-order chi connectivity index (χ0) is 13.3. The lowest BCUT2D eigenvalue weighted by Crippen LogP contribution is -2.31. The third-order valence-electron chi connectivity index (χ3n) is 3.08. The van der Waals surface area contributed by atoms with Crippen LogP contribution in [0, 0.1) is 5.92 Å². The molecule has 2 heterocycles. The van der Waals surface area contributed by atoms with Crippen LogP contribution >= 0.6 is 0 Å². The number of carbonyl (C=O) groups is 1. The van der Waals surface area contributed by atoms with Crippen molar-refractivity contribution >= 4 is 5.97 Å². The molecule has 1 aliphatic heterocycles. The standard InChI is InChI=1S/C13H21N3O2/c1-13(2,3)18-12(17)11-7-14-6-10(11)9-5-15-16(4)8-9/h5,8,10-11,14H,6-7H2,1-4H3. The third kappa shape index (κ3) is 2.90. The predicted octanol–water partition coefficient (Wildman–Crippen LogP) is 1.06. The van der Waals surface area contributed by atoms with E-state index in [4.69, 9.17) is 4.74 Å². The molecule has 0 aliphatic carbocycles. The summed E-state index contributed by atoms with van der Waals surface area (Å²) in [6, 6.07) is 0. The van der Waals surface area contributed by atoms with E-state index in [1.807, 2.05) is 40.2 Å². The average Bonchev–Trinajstić information content (AvgIpc) is 2.81. The van der Waals surface area contributed by atoms with Gasteiger partial charge in [-0.3, -0.25) is 9.48 Å². The number of rotatable bonds is 2. The van der Waals surface area contributed by atoms with Crippen molar-refractivity contribution < 1.29 is 9.53 Å². The molecule has 1 fully saturated rings. The van der Waals surface area contributed by atoms with Crippen LogP contribution in [-0.2, 0) is 16.6 Å². The molecule has 1 saturated heterocycles. The number of hydrogen-bond donors (Lipinski definition) is 1. The van der Waals surface area contributed by atoms with Gasteiger partial charge in [0.25, 0.3) is 0 Å². The van der Waals surface area contributed by atoms with Crippen molar-refractivity contribution in [2.45, 2.75) is 32.3 Å². The Kier molecular flexibility index (Phi) is 3.43. The van der Waals surface area contributed by atoms with Crippen molar-refractivity contribution in [1.29, 1.82) is 0 Å². The Morgan fingerprint density at radius 1 is 1.50 bits per heavy atom.